The van der Waals surface area contributed by atoms with Gasteiger partial charge in [0, 0.05) is 20.1 Å². The van der Waals surface area contributed by atoms with Crippen molar-refractivity contribution in [1.29, 1.82) is 0 Å². The van der Waals surface area contributed by atoms with Crippen molar-refractivity contribution >= 4 is 5.91 Å². The standard InChI is InChI=1S/C13H19NO4/c1-18-9-11(15)8-14-13(17)7-6-10-4-2-3-5-12(10)16/h2-5,11,15-16H,6-9H2,1H3,(H,14,17). The summed E-state index contributed by atoms with van der Waals surface area (Å²) in [7, 11) is 1.49. The first-order chi connectivity index (χ1) is 8.63. The Bertz CT molecular complexity index is 381. The smallest absolute Gasteiger partial charge is 0.220 e. The van der Waals surface area contributed by atoms with E-state index in [0.717, 1.165) is 5.56 Å². The van der Waals surface area contributed by atoms with Gasteiger partial charge < -0.3 is 20.3 Å². The summed E-state index contributed by atoms with van der Waals surface area (Å²) >= 11 is 0. The van der Waals surface area contributed by atoms with Gasteiger partial charge in [-0.05, 0) is 18.1 Å². The second kappa shape index (κ2) is 7.68. The maximum absolute atomic E-state index is 11.5. The molecule has 5 heteroatoms. The molecular weight excluding hydrogens is 234 g/mol. The predicted molar refractivity (Wildman–Crippen MR) is 67.3 cm³/mol. The van der Waals surface area contributed by atoms with E-state index >= 15 is 0 Å². The normalized spacial score (nSPS) is 12.1. The van der Waals surface area contributed by atoms with Crippen LogP contribution in [0.15, 0.2) is 24.3 Å². The van der Waals surface area contributed by atoms with E-state index in [1.165, 1.54) is 7.11 Å². The zero-order chi connectivity index (χ0) is 13.4. The molecule has 0 aliphatic carbocycles. The van der Waals surface area contributed by atoms with Crippen LogP contribution in [-0.4, -0.2) is 42.5 Å². The molecule has 0 saturated carbocycles. The highest BCUT2D eigenvalue weighted by Crippen LogP contribution is 2.16. The van der Waals surface area contributed by atoms with Crippen LogP contribution in [-0.2, 0) is 16.0 Å². The van der Waals surface area contributed by atoms with E-state index < -0.39 is 6.10 Å². The molecule has 1 atom stereocenters. The number of nitrogens with one attached hydrogen (secondary N) is 1. The molecule has 0 radical (unpaired) electrons. The lowest BCUT2D eigenvalue weighted by Crippen LogP contribution is -2.34. The summed E-state index contributed by atoms with van der Waals surface area (Å²) in [5, 5.41) is 21.5. The van der Waals surface area contributed by atoms with Crippen molar-refractivity contribution in [3.05, 3.63) is 29.8 Å². The fourth-order valence-corrected chi connectivity index (χ4v) is 1.54. The van der Waals surface area contributed by atoms with Gasteiger partial charge in [-0.15, -0.1) is 0 Å². The SMILES string of the molecule is COCC(O)CNC(=O)CCc1ccccc1O. The van der Waals surface area contributed by atoms with Gasteiger partial charge in [0.1, 0.15) is 5.75 Å². The minimum absolute atomic E-state index is 0.159. The van der Waals surface area contributed by atoms with E-state index in [1.54, 1.807) is 18.2 Å². The third kappa shape index (κ3) is 5.16. The maximum atomic E-state index is 11.5. The van der Waals surface area contributed by atoms with Gasteiger partial charge in [0.15, 0.2) is 0 Å². The number of aromatic hydroxyl groups is 1. The Hall–Kier alpha value is -1.59. The molecule has 1 amide bonds. The highest BCUT2D eigenvalue weighted by Gasteiger charge is 2.08. The molecule has 100 valence electrons. The average molecular weight is 253 g/mol. The fourth-order valence-electron chi connectivity index (χ4n) is 1.54. The van der Waals surface area contributed by atoms with Crippen LogP contribution in [0.25, 0.3) is 0 Å². The van der Waals surface area contributed by atoms with Crippen molar-refractivity contribution in [2.24, 2.45) is 0 Å². The van der Waals surface area contributed by atoms with Crippen molar-refractivity contribution in [3.8, 4) is 5.75 Å². The van der Waals surface area contributed by atoms with Gasteiger partial charge in [-0.3, -0.25) is 4.79 Å². The fraction of sp³-hybridized carbons (Fsp3) is 0.462. The number of ether oxygens (including phenoxy) is 1. The predicted octanol–water partition coefficient (Wildman–Crippen LogP) is 0.448. The van der Waals surface area contributed by atoms with Gasteiger partial charge in [0.05, 0.1) is 12.7 Å². The van der Waals surface area contributed by atoms with Gasteiger partial charge in [0.25, 0.3) is 0 Å². The van der Waals surface area contributed by atoms with Crippen molar-refractivity contribution in [1.82, 2.24) is 5.32 Å². The number of phenolic OH excluding ortho intramolecular Hbond substituents is 1. The van der Waals surface area contributed by atoms with Crippen LogP contribution in [0.4, 0.5) is 0 Å². The lowest BCUT2D eigenvalue weighted by molar-refractivity contribution is -0.121. The quantitative estimate of drug-likeness (QED) is 0.659. The summed E-state index contributed by atoms with van der Waals surface area (Å²) < 4.78 is 4.75. The monoisotopic (exact) mass is 253 g/mol. The highest BCUT2D eigenvalue weighted by atomic mass is 16.5. The first-order valence-corrected chi connectivity index (χ1v) is 5.84. The number of hydrogen-bond acceptors (Lipinski definition) is 4. The number of para-hydroxylation sites is 1. The molecule has 0 aromatic heterocycles. The minimum atomic E-state index is -0.691. The number of phenols is 1. The summed E-state index contributed by atoms with van der Waals surface area (Å²) in [6, 6.07) is 6.92. The summed E-state index contributed by atoms with van der Waals surface area (Å²) in [6.45, 7) is 0.368. The van der Waals surface area contributed by atoms with E-state index in [4.69, 9.17) is 4.74 Å². The van der Waals surface area contributed by atoms with Crippen molar-refractivity contribution in [2.75, 3.05) is 20.3 Å². The summed E-state index contributed by atoms with van der Waals surface area (Å²) in [4.78, 5) is 11.5. The Morgan fingerprint density at radius 1 is 1.44 bits per heavy atom. The molecule has 1 aromatic carbocycles. The molecule has 0 aliphatic rings. The second-order valence-corrected chi connectivity index (χ2v) is 4.04. The number of aliphatic hydroxyl groups is 1. The Kier molecular flexibility index (Phi) is 6.18. The number of aliphatic hydroxyl groups excluding tert-OH is 1. The van der Waals surface area contributed by atoms with E-state index in [2.05, 4.69) is 5.32 Å². The molecule has 3 N–H and O–H groups in total. The molecular formula is C13H19NO4. The molecule has 1 unspecified atom stereocenters. The van der Waals surface area contributed by atoms with Crippen LogP contribution in [0.1, 0.15) is 12.0 Å². The van der Waals surface area contributed by atoms with Crippen LogP contribution < -0.4 is 5.32 Å². The number of methoxy groups -OCH3 is 1. The van der Waals surface area contributed by atoms with Crippen molar-refractivity contribution < 1.29 is 19.7 Å². The topological polar surface area (TPSA) is 78.8 Å². The molecule has 5 nitrogen and oxygen atoms in total. The lowest BCUT2D eigenvalue weighted by atomic mass is 10.1. The second-order valence-electron chi connectivity index (χ2n) is 4.04. The Morgan fingerprint density at radius 2 is 2.17 bits per heavy atom. The van der Waals surface area contributed by atoms with Gasteiger partial charge in [0.2, 0.25) is 5.91 Å². The Labute approximate surface area is 106 Å². The zero-order valence-corrected chi connectivity index (χ0v) is 10.4. The van der Waals surface area contributed by atoms with E-state index in [0.29, 0.717) is 6.42 Å². The highest BCUT2D eigenvalue weighted by molar-refractivity contribution is 5.76. The Balaban J connectivity index is 2.27. The van der Waals surface area contributed by atoms with Gasteiger partial charge >= 0.3 is 0 Å². The molecule has 0 heterocycles. The van der Waals surface area contributed by atoms with Crippen molar-refractivity contribution in [2.45, 2.75) is 18.9 Å². The first-order valence-electron chi connectivity index (χ1n) is 5.84. The summed E-state index contributed by atoms with van der Waals surface area (Å²) in [5.41, 5.74) is 0.741. The third-order valence-corrected chi connectivity index (χ3v) is 2.51. The Morgan fingerprint density at radius 3 is 2.83 bits per heavy atom. The molecule has 0 fully saturated rings. The molecule has 0 saturated heterocycles. The summed E-state index contributed by atoms with van der Waals surface area (Å²) in [6.07, 6.45) is 0.0555. The van der Waals surface area contributed by atoms with E-state index in [9.17, 15) is 15.0 Å². The molecule has 0 aliphatic heterocycles. The number of carbonyl (C=O) groups is 1. The van der Waals surface area contributed by atoms with Crippen molar-refractivity contribution in [3.63, 3.8) is 0 Å². The number of aryl methyl sites for hydroxylation is 1. The third-order valence-electron chi connectivity index (χ3n) is 2.51. The van der Waals surface area contributed by atoms with Gasteiger partial charge in [-0.1, -0.05) is 18.2 Å². The zero-order valence-electron chi connectivity index (χ0n) is 10.4. The van der Waals surface area contributed by atoms with E-state index in [-0.39, 0.29) is 31.2 Å². The van der Waals surface area contributed by atoms with Gasteiger partial charge in [-0.2, -0.15) is 0 Å². The number of benzene rings is 1. The maximum Gasteiger partial charge on any atom is 0.220 e. The van der Waals surface area contributed by atoms with Gasteiger partial charge in [-0.25, -0.2) is 0 Å². The average Bonchev–Trinajstić information content (AvgIpc) is 2.36. The first kappa shape index (κ1) is 14.5. The number of carbonyl (C=O) groups excluding carboxylic acids is 1. The lowest BCUT2D eigenvalue weighted by Gasteiger charge is -2.10. The van der Waals surface area contributed by atoms with Crippen LogP contribution in [0, 0.1) is 0 Å². The summed E-state index contributed by atoms with van der Waals surface area (Å²) in [5.74, 6) is 0.0399. The van der Waals surface area contributed by atoms with E-state index in [1.807, 2.05) is 6.07 Å². The molecule has 0 spiro atoms. The van der Waals surface area contributed by atoms with Crippen LogP contribution in [0.3, 0.4) is 0 Å². The van der Waals surface area contributed by atoms with Crippen LogP contribution in [0.5, 0.6) is 5.75 Å². The minimum Gasteiger partial charge on any atom is -0.508 e. The number of rotatable bonds is 7. The van der Waals surface area contributed by atoms with Crippen LogP contribution >= 0.6 is 0 Å². The number of amides is 1. The molecule has 1 rings (SSSR count). The number of hydrogen-bond donors (Lipinski definition) is 3. The molecule has 1 aromatic rings. The molecule has 18 heavy (non-hydrogen) atoms. The molecule has 0 bridgehead atoms. The van der Waals surface area contributed by atoms with Crippen LogP contribution in [0.2, 0.25) is 0 Å². The largest absolute Gasteiger partial charge is 0.508 e.